The third-order valence-electron chi connectivity index (χ3n) is 5.27. The Morgan fingerprint density at radius 2 is 2.07 bits per heavy atom. The van der Waals surface area contributed by atoms with E-state index in [0.29, 0.717) is 19.0 Å². The van der Waals surface area contributed by atoms with E-state index >= 15 is 0 Å². The quantitative estimate of drug-likeness (QED) is 0.600. The van der Waals surface area contributed by atoms with Crippen molar-refractivity contribution in [3.63, 3.8) is 0 Å². The lowest BCUT2D eigenvalue weighted by molar-refractivity contribution is 0.178. The number of benzene rings is 1. The third kappa shape index (κ3) is 4.80. The molecule has 1 aliphatic heterocycles. The number of anilines is 1. The molecule has 1 unspecified atom stereocenters. The van der Waals surface area contributed by atoms with Gasteiger partial charge in [-0.2, -0.15) is 0 Å². The Labute approximate surface area is 181 Å². The summed E-state index contributed by atoms with van der Waals surface area (Å²) >= 11 is 1.62. The molecule has 0 amide bonds. The first-order valence-corrected chi connectivity index (χ1v) is 12.7. The molecule has 1 N–H and O–H groups in total. The Hall–Kier alpha value is -2.07. The van der Waals surface area contributed by atoms with Crippen molar-refractivity contribution in [3.05, 3.63) is 41.5 Å². The highest BCUT2D eigenvalue weighted by atomic mass is 32.2. The number of thiophene rings is 1. The number of rotatable bonds is 7. The van der Waals surface area contributed by atoms with Gasteiger partial charge < -0.3 is 9.64 Å². The van der Waals surface area contributed by atoms with E-state index in [1.807, 2.05) is 18.2 Å². The molecule has 3 heterocycles. The minimum Gasteiger partial charge on any atom is -0.377 e. The monoisotopic (exact) mass is 446 g/mol. The summed E-state index contributed by atoms with van der Waals surface area (Å²) in [5.41, 5.74) is 2.27. The SMILES string of the molecule is COCc1nc(N2CCCC(CNS(C)(=O)=O)C2)c2c(-c3ccccc3)csc2n1. The van der Waals surface area contributed by atoms with Crippen LogP contribution in [0.25, 0.3) is 21.3 Å². The highest BCUT2D eigenvalue weighted by Crippen LogP contribution is 2.39. The van der Waals surface area contributed by atoms with Crippen LogP contribution in [0.2, 0.25) is 0 Å². The topological polar surface area (TPSA) is 84.4 Å². The molecule has 1 saturated heterocycles. The maximum Gasteiger partial charge on any atom is 0.208 e. The molecule has 1 aromatic carbocycles. The second-order valence-corrected chi connectivity index (χ2v) is 10.4. The number of hydrogen-bond donors (Lipinski definition) is 1. The van der Waals surface area contributed by atoms with E-state index in [1.54, 1.807) is 18.4 Å². The number of ether oxygens (including phenoxy) is 1. The average Bonchev–Trinajstić information content (AvgIpc) is 3.16. The van der Waals surface area contributed by atoms with Crippen LogP contribution in [0.3, 0.4) is 0 Å². The van der Waals surface area contributed by atoms with Crippen LogP contribution in [-0.2, 0) is 21.4 Å². The largest absolute Gasteiger partial charge is 0.377 e. The van der Waals surface area contributed by atoms with Crippen molar-refractivity contribution in [2.24, 2.45) is 5.92 Å². The van der Waals surface area contributed by atoms with E-state index in [2.05, 4.69) is 27.1 Å². The number of piperidine rings is 1. The lowest BCUT2D eigenvalue weighted by Gasteiger charge is -2.34. The molecule has 9 heteroatoms. The van der Waals surface area contributed by atoms with Crippen LogP contribution in [-0.4, -0.2) is 51.4 Å². The molecule has 0 saturated carbocycles. The van der Waals surface area contributed by atoms with Crippen LogP contribution < -0.4 is 9.62 Å². The summed E-state index contributed by atoms with van der Waals surface area (Å²) in [6, 6.07) is 10.3. The number of fused-ring (bicyclic) bond motifs is 1. The van der Waals surface area contributed by atoms with Gasteiger partial charge in [0.05, 0.1) is 11.6 Å². The molecule has 0 aliphatic carbocycles. The number of nitrogens with zero attached hydrogens (tertiary/aromatic N) is 3. The molecule has 30 heavy (non-hydrogen) atoms. The molecule has 0 radical (unpaired) electrons. The van der Waals surface area contributed by atoms with Crippen LogP contribution in [0.15, 0.2) is 35.7 Å². The van der Waals surface area contributed by atoms with Crippen molar-refractivity contribution < 1.29 is 13.2 Å². The molecule has 1 aliphatic rings. The zero-order valence-electron chi connectivity index (χ0n) is 17.2. The lowest BCUT2D eigenvalue weighted by atomic mass is 9.97. The van der Waals surface area contributed by atoms with Crippen LogP contribution in [0.4, 0.5) is 5.82 Å². The first-order chi connectivity index (χ1) is 14.4. The summed E-state index contributed by atoms with van der Waals surface area (Å²) in [6.45, 7) is 2.45. The number of nitrogens with one attached hydrogen (secondary N) is 1. The number of aromatic nitrogens is 2. The minimum absolute atomic E-state index is 0.239. The maximum absolute atomic E-state index is 11.5. The molecule has 0 bridgehead atoms. The average molecular weight is 447 g/mol. The first kappa shape index (κ1) is 21.2. The van der Waals surface area contributed by atoms with Gasteiger partial charge in [0.1, 0.15) is 17.3 Å². The van der Waals surface area contributed by atoms with Gasteiger partial charge in [-0.1, -0.05) is 30.3 Å². The fraction of sp³-hybridized carbons (Fsp3) is 0.429. The Balaban J connectivity index is 1.73. The molecule has 1 fully saturated rings. The Morgan fingerprint density at radius 3 is 2.80 bits per heavy atom. The molecule has 4 rings (SSSR count). The van der Waals surface area contributed by atoms with Gasteiger partial charge >= 0.3 is 0 Å². The van der Waals surface area contributed by atoms with Gasteiger partial charge in [-0.3, -0.25) is 0 Å². The number of methoxy groups -OCH3 is 1. The molecule has 0 spiro atoms. The third-order valence-corrected chi connectivity index (χ3v) is 6.83. The van der Waals surface area contributed by atoms with Gasteiger partial charge in [-0.05, 0) is 24.3 Å². The lowest BCUT2D eigenvalue weighted by Crippen LogP contribution is -2.41. The van der Waals surface area contributed by atoms with E-state index in [9.17, 15) is 8.42 Å². The van der Waals surface area contributed by atoms with Crippen molar-refractivity contribution in [1.82, 2.24) is 14.7 Å². The summed E-state index contributed by atoms with van der Waals surface area (Å²) in [5, 5.41) is 3.20. The summed E-state index contributed by atoms with van der Waals surface area (Å²) < 4.78 is 31.0. The van der Waals surface area contributed by atoms with E-state index in [4.69, 9.17) is 14.7 Å². The zero-order valence-corrected chi connectivity index (χ0v) is 18.8. The van der Waals surface area contributed by atoms with Gasteiger partial charge in [-0.25, -0.2) is 23.1 Å². The van der Waals surface area contributed by atoms with E-state index in [1.165, 1.54) is 6.26 Å². The fourth-order valence-electron chi connectivity index (χ4n) is 3.91. The minimum atomic E-state index is -3.20. The van der Waals surface area contributed by atoms with E-state index in [0.717, 1.165) is 53.1 Å². The summed E-state index contributed by atoms with van der Waals surface area (Å²) in [5.74, 6) is 1.82. The summed E-state index contributed by atoms with van der Waals surface area (Å²) in [7, 11) is -1.55. The highest BCUT2D eigenvalue weighted by molar-refractivity contribution is 7.88. The van der Waals surface area contributed by atoms with Crippen molar-refractivity contribution in [1.29, 1.82) is 0 Å². The zero-order chi connectivity index (χ0) is 21.1. The van der Waals surface area contributed by atoms with Crippen LogP contribution in [0.1, 0.15) is 18.7 Å². The molecule has 3 aromatic rings. The van der Waals surface area contributed by atoms with Gasteiger partial charge in [0, 0.05) is 37.7 Å². The van der Waals surface area contributed by atoms with Crippen molar-refractivity contribution >= 4 is 37.4 Å². The second-order valence-electron chi connectivity index (χ2n) is 7.67. The fourth-order valence-corrected chi connectivity index (χ4v) is 5.41. The Kier molecular flexibility index (Phi) is 6.33. The molecule has 160 valence electrons. The predicted molar refractivity (Wildman–Crippen MR) is 121 cm³/mol. The molecule has 2 aromatic heterocycles. The van der Waals surface area contributed by atoms with Crippen molar-refractivity contribution in [2.75, 3.05) is 37.9 Å². The van der Waals surface area contributed by atoms with Gasteiger partial charge in [-0.15, -0.1) is 11.3 Å². The van der Waals surface area contributed by atoms with Gasteiger partial charge in [0.2, 0.25) is 10.0 Å². The Morgan fingerprint density at radius 1 is 1.27 bits per heavy atom. The summed E-state index contributed by atoms with van der Waals surface area (Å²) in [6.07, 6.45) is 3.19. The maximum atomic E-state index is 11.5. The smallest absolute Gasteiger partial charge is 0.208 e. The first-order valence-electron chi connectivity index (χ1n) is 9.96. The number of hydrogen-bond acceptors (Lipinski definition) is 7. The molecule has 7 nitrogen and oxygen atoms in total. The van der Waals surface area contributed by atoms with Crippen molar-refractivity contribution in [2.45, 2.75) is 19.4 Å². The Bertz CT molecular complexity index is 1120. The van der Waals surface area contributed by atoms with Crippen LogP contribution >= 0.6 is 11.3 Å². The normalized spacial score (nSPS) is 17.5. The standard InChI is InChI=1S/C21H26N4O3S2/c1-28-13-18-23-20(25-10-6-7-15(12-25)11-22-30(2,26)27)19-17(14-29-21(19)24-18)16-8-4-3-5-9-16/h3-5,8-9,14-15,22H,6-7,10-13H2,1-2H3. The molecular formula is C21H26N4O3S2. The van der Waals surface area contributed by atoms with Crippen LogP contribution in [0, 0.1) is 5.92 Å². The summed E-state index contributed by atoms with van der Waals surface area (Å²) in [4.78, 5) is 12.8. The van der Waals surface area contributed by atoms with Gasteiger partial charge in [0.25, 0.3) is 0 Å². The van der Waals surface area contributed by atoms with E-state index in [-0.39, 0.29) is 5.92 Å². The molecule has 1 atom stereocenters. The predicted octanol–water partition coefficient (Wildman–Crippen LogP) is 3.27. The van der Waals surface area contributed by atoms with Crippen molar-refractivity contribution in [3.8, 4) is 11.1 Å². The molecular weight excluding hydrogens is 420 g/mol. The van der Waals surface area contributed by atoms with Gasteiger partial charge in [0.15, 0.2) is 5.82 Å². The van der Waals surface area contributed by atoms with E-state index < -0.39 is 10.0 Å². The number of sulfonamides is 1. The van der Waals surface area contributed by atoms with Crippen LogP contribution in [0.5, 0.6) is 0 Å². The second kappa shape index (κ2) is 8.97. The highest BCUT2D eigenvalue weighted by Gasteiger charge is 2.26.